The molecule has 0 fully saturated rings. The summed E-state index contributed by atoms with van der Waals surface area (Å²) < 4.78 is 15.4. The van der Waals surface area contributed by atoms with Crippen molar-refractivity contribution in [3.63, 3.8) is 0 Å². The Balaban J connectivity index is 0.000000518. The molecular formula is C27H30EuO9. The van der Waals surface area contributed by atoms with E-state index in [0.717, 1.165) is 0 Å². The molecule has 0 heterocycles. The zero-order valence-corrected chi connectivity index (χ0v) is 23.1. The summed E-state index contributed by atoms with van der Waals surface area (Å²) in [7, 11) is 0. The van der Waals surface area contributed by atoms with Crippen LogP contribution in [0.25, 0.3) is 0 Å². The number of ether oxygens (including phenoxy) is 3. The number of hydrogen-bond donors (Lipinski definition) is 3. The summed E-state index contributed by atoms with van der Waals surface area (Å²) >= 11 is 0. The third-order valence-electron chi connectivity index (χ3n) is 4.24. The molecule has 1 radical (unpaired) electrons. The molecule has 0 bridgehead atoms. The van der Waals surface area contributed by atoms with Crippen molar-refractivity contribution in [3.8, 4) is 17.2 Å². The molecule has 0 aliphatic carbocycles. The minimum absolute atomic E-state index is 0. The number of hydrogen-bond acceptors (Lipinski definition) is 6. The van der Waals surface area contributed by atoms with Crippen LogP contribution in [0, 0.1) is 49.4 Å². The van der Waals surface area contributed by atoms with Gasteiger partial charge in [0.25, 0.3) is 0 Å². The number of aromatic carboxylic acids is 3. The van der Waals surface area contributed by atoms with Crippen molar-refractivity contribution in [3.05, 3.63) is 89.5 Å². The van der Waals surface area contributed by atoms with Gasteiger partial charge in [-0.3, -0.25) is 0 Å². The van der Waals surface area contributed by atoms with Crippen LogP contribution in [0.2, 0.25) is 0 Å². The molecule has 3 rings (SSSR count). The van der Waals surface area contributed by atoms with Crippen molar-refractivity contribution in [2.24, 2.45) is 0 Å². The van der Waals surface area contributed by atoms with E-state index in [0.29, 0.717) is 37.1 Å². The Morgan fingerprint density at radius 2 is 0.676 bits per heavy atom. The first-order chi connectivity index (χ1) is 17.2. The van der Waals surface area contributed by atoms with E-state index in [1.54, 1.807) is 36.4 Å². The van der Waals surface area contributed by atoms with E-state index < -0.39 is 17.9 Å². The summed E-state index contributed by atoms with van der Waals surface area (Å²) in [4.78, 5) is 31.3. The number of carboxylic acids is 3. The molecule has 199 valence electrons. The molecule has 9 nitrogen and oxygen atoms in total. The largest absolute Gasteiger partial charge is 0.494 e. The SMILES string of the molecule is CCOc1ccc(C(=O)O)cc1.CCOc1ccc(C(=O)O)cc1.CCOc1ccc(C(=O)O)cc1.[Eu]. The van der Waals surface area contributed by atoms with Crippen LogP contribution >= 0.6 is 0 Å². The van der Waals surface area contributed by atoms with Gasteiger partial charge in [0.2, 0.25) is 0 Å². The molecular weight excluding hydrogens is 620 g/mol. The Morgan fingerprint density at radius 1 is 0.486 bits per heavy atom. The zero-order valence-electron chi connectivity index (χ0n) is 20.7. The van der Waals surface area contributed by atoms with Crippen LogP contribution < -0.4 is 14.2 Å². The topological polar surface area (TPSA) is 140 Å². The Labute approximate surface area is 256 Å². The van der Waals surface area contributed by atoms with Gasteiger partial charge in [-0.05, 0) is 93.6 Å². The van der Waals surface area contributed by atoms with Crippen LogP contribution in [0.1, 0.15) is 51.8 Å². The average Bonchev–Trinajstić information content (AvgIpc) is 2.86. The van der Waals surface area contributed by atoms with Gasteiger partial charge in [0.1, 0.15) is 17.2 Å². The summed E-state index contributed by atoms with van der Waals surface area (Å²) in [6, 6.07) is 19.0. The first kappa shape index (κ1) is 34.1. The molecule has 0 unspecified atom stereocenters. The summed E-state index contributed by atoms with van der Waals surface area (Å²) in [5, 5.41) is 25.7. The molecule has 3 aromatic rings. The van der Waals surface area contributed by atoms with Crippen LogP contribution in [-0.4, -0.2) is 53.0 Å². The van der Waals surface area contributed by atoms with Gasteiger partial charge in [-0.1, -0.05) is 0 Å². The van der Waals surface area contributed by atoms with Crippen molar-refractivity contribution in [1.82, 2.24) is 0 Å². The fraction of sp³-hybridized carbons (Fsp3) is 0.222. The van der Waals surface area contributed by atoms with Crippen molar-refractivity contribution >= 4 is 17.9 Å². The molecule has 3 aromatic carbocycles. The van der Waals surface area contributed by atoms with Crippen LogP contribution in [0.4, 0.5) is 0 Å². The van der Waals surface area contributed by atoms with E-state index in [2.05, 4.69) is 0 Å². The van der Waals surface area contributed by atoms with E-state index in [1.807, 2.05) is 20.8 Å². The maximum absolute atomic E-state index is 10.4. The molecule has 0 spiro atoms. The predicted octanol–water partition coefficient (Wildman–Crippen LogP) is 5.35. The fourth-order valence-electron chi connectivity index (χ4n) is 2.58. The van der Waals surface area contributed by atoms with Gasteiger partial charge >= 0.3 is 17.9 Å². The molecule has 37 heavy (non-hydrogen) atoms. The Bertz CT molecular complexity index is 939. The van der Waals surface area contributed by atoms with Gasteiger partial charge in [-0.15, -0.1) is 0 Å². The average molecular weight is 650 g/mol. The third-order valence-corrected chi connectivity index (χ3v) is 4.24. The molecule has 0 aliphatic heterocycles. The number of benzene rings is 3. The number of rotatable bonds is 9. The fourth-order valence-corrected chi connectivity index (χ4v) is 2.58. The van der Waals surface area contributed by atoms with Crippen molar-refractivity contribution in [2.45, 2.75) is 20.8 Å². The molecule has 0 aromatic heterocycles. The van der Waals surface area contributed by atoms with Crippen molar-refractivity contribution in [2.75, 3.05) is 19.8 Å². The second-order valence-corrected chi connectivity index (χ2v) is 6.79. The van der Waals surface area contributed by atoms with Gasteiger partial charge in [-0.2, -0.15) is 0 Å². The minimum Gasteiger partial charge on any atom is -0.494 e. The first-order valence-corrected chi connectivity index (χ1v) is 11.1. The molecule has 10 heteroatoms. The second-order valence-electron chi connectivity index (χ2n) is 6.79. The first-order valence-electron chi connectivity index (χ1n) is 11.1. The summed E-state index contributed by atoms with van der Waals surface area (Å²) in [6.07, 6.45) is 0. The maximum Gasteiger partial charge on any atom is 0.335 e. The van der Waals surface area contributed by atoms with Crippen LogP contribution in [0.15, 0.2) is 72.8 Å². The Hall–Kier alpha value is -2.95. The van der Waals surface area contributed by atoms with E-state index in [1.165, 1.54) is 36.4 Å². The summed E-state index contributed by atoms with van der Waals surface area (Å²) in [5.41, 5.74) is 0.829. The quantitative estimate of drug-likeness (QED) is 0.280. The van der Waals surface area contributed by atoms with Gasteiger partial charge < -0.3 is 29.5 Å². The van der Waals surface area contributed by atoms with Gasteiger partial charge in [-0.25, -0.2) is 14.4 Å². The molecule has 3 N–H and O–H groups in total. The van der Waals surface area contributed by atoms with Crippen LogP contribution in [0.3, 0.4) is 0 Å². The Morgan fingerprint density at radius 3 is 0.811 bits per heavy atom. The standard InChI is InChI=1S/3C9H10O3.Eu/c3*1-2-12-8-5-3-7(4-6-8)9(10)11;/h3*3-6H,2H2,1H3,(H,10,11);. The smallest absolute Gasteiger partial charge is 0.335 e. The van der Waals surface area contributed by atoms with E-state index in [4.69, 9.17) is 29.5 Å². The van der Waals surface area contributed by atoms with Crippen LogP contribution in [0.5, 0.6) is 17.2 Å². The molecule has 0 amide bonds. The summed E-state index contributed by atoms with van der Waals surface area (Å²) in [5.74, 6) is -0.665. The Kier molecular flexibility index (Phi) is 17.7. The molecule has 0 atom stereocenters. The van der Waals surface area contributed by atoms with Gasteiger partial charge in [0, 0.05) is 49.4 Å². The molecule has 0 saturated heterocycles. The number of carboxylic acid groups (broad SMARTS) is 3. The van der Waals surface area contributed by atoms with Crippen molar-refractivity contribution in [1.29, 1.82) is 0 Å². The number of carbonyl (C=O) groups is 3. The summed E-state index contributed by atoms with van der Waals surface area (Å²) in [6.45, 7) is 7.41. The van der Waals surface area contributed by atoms with E-state index >= 15 is 0 Å². The molecule has 0 aliphatic rings. The monoisotopic (exact) mass is 651 g/mol. The van der Waals surface area contributed by atoms with E-state index in [-0.39, 0.29) is 66.1 Å². The third kappa shape index (κ3) is 13.8. The second kappa shape index (κ2) is 19.2. The predicted molar refractivity (Wildman–Crippen MR) is 134 cm³/mol. The van der Waals surface area contributed by atoms with Gasteiger partial charge in [0.15, 0.2) is 0 Å². The molecule has 0 saturated carbocycles. The van der Waals surface area contributed by atoms with Crippen LogP contribution in [-0.2, 0) is 0 Å². The maximum atomic E-state index is 10.4. The van der Waals surface area contributed by atoms with Crippen molar-refractivity contribution < 1.29 is 93.3 Å². The van der Waals surface area contributed by atoms with E-state index in [9.17, 15) is 14.4 Å². The van der Waals surface area contributed by atoms with Gasteiger partial charge in [0.05, 0.1) is 36.5 Å². The minimum atomic E-state index is -0.918. The zero-order chi connectivity index (χ0) is 26.9. The normalized spacial score (nSPS) is 9.16.